The van der Waals surface area contributed by atoms with Crippen molar-refractivity contribution in [2.24, 2.45) is 10.8 Å². The average molecular weight is 307 g/mol. The van der Waals surface area contributed by atoms with Gasteiger partial charge in [-0.1, -0.05) is 13.8 Å². The number of carboxylic acids is 1. The third-order valence-corrected chi connectivity index (χ3v) is 3.77. The van der Waals surface area contributed by atoms with Gasteiger partial charge >= 0.3 is 5.97 Å². The maximum atomic E-state index is 12.2. The van der Waals surface area contributed by atoms with E-state index in [2.05, 4.69) is 5.32 Å². The maximum absolute atomic E-state index is 12.2. The second-order valence-corrected chi connectivity index (χ2v) is 7.49. The molecule has 0 aliphatic rings. The number of hydrogen-bond donors (Lipinski definition) is 3. The molecule has 0 bridgehead atoms. The fourth-order valence-electron chi connectivity index (χ4n) is 2.03. The molecule has 6 nitrogen and oxygen atoms in total. The van der Waals surface area contributed by atoms with Gasteiger partial charge in [0.2, 0.25) is 5.91 Å². The number of carboxylic acid groups (broad SMARTS) is 1. The van der Waals surface area contributed by atoms with Gasteiger partial charge in [0.15, 0.2) is 11.1 Å². The molecule has 0 spiro atoms. The van der Waals surface area contributed by atoms with E-state index in [1.807, 2.05) is 0 Å². The minimum Gasteiger partial charge on any atom is -0.481 e. The quantitative estimate of drug-likeness (QED) is 0.591. The van der Waals surface area contributed by atoms with E-state index in [1.54, 1.807) is 34.6 Å². The zero-order valence-electron chi connectivity index (χ0n) is 12.7. The minimum atomic E-state index is -1.87. The predicted octanol–water partition coefficient (Wildman–Crippen LogP) is 1.63. The Labute approximate surface area is 122 Å². The van der Waals surface area contributed by atoms with E-state index in [-0.39, 0.29) is 24.1 Å². The van der Waals surface area contributed by atoms with Gasteiger partial charge < -0.3 is 15.0 Å². The summed E-state index contributed by atoms with van der Waals surface area (Å²) in [5, 5.41) is 11.9. The first-order valence-electron chi connectivity index (χ1n) is 6.50. The SMILES string of the molecule is CC(CCS(=O)O)NC(=O)C(C)(C)CC(C)(C)C(=O)O. The first-order valence-corrected chi connectivity index (χ1v) is 7.78. The highest BCUT2D eigenvalue weighted by molar-refractivity contribution is 7.79. The Morgan fingerprint density at radius 2 is 1.70 bits per heavy atom. The van der Waals surface area contributed by atoms with Gasteiger partial charge in [-0.25, -0.2) is 4.21 Å². The van der Waals surface area contributed by atoms with Crippen molar-refractivity contribution in [3.63, 3.8) is 0 Å². The summed E-state index contributed by atoms with van der Waals surface area (Å²) in [4.78, 5) is 23.3. The highest BCUT2D eigenvalue weighted by Gasteiger charge is 2.39. The number of amides is 1. The van der Waals surface area contributed by atoms with E-state index in [0.29, 0.717) is 6.42 Å². The minimum absolute atomic E-state index is 0.0997. The molecule has 0 aromatic rings. The Kier molecular flexibility index (Phi) is 6.83. The van der Waals surface area contributed by atoms with Crippen LogP contribution in [0.4, 0.5) is 0 Å². The van der Waals surface area contributed by atoms with E-state index in [9.17, 15) is 13.8 Å². The molecule has 1 amide bonds. The van der Waals surface area contributed by atoms with Gasteiger partial charge in [0.1, 0.15) is 0 Å². The van der Waals surface area contributed by atoms with Gasteiger partial charge in [0.05, 0.1) is 11.2 Å². The van der Waals surface area contributed by atoms with Crippen LogP contribution < -0.4 is 5.32 Å². The molecular weight excluding hydrogens is 282 g/mol. The molecule has 7 heteroatoms. The Morgan fingerprint density at radius 1 is 1.20 bits per heavy atom. The third kappa shape index (κ3) is 6.47. The molecule has 0 aromatic heterocycles. The Morgan fingerprint density at radius 3 is 2.10 bits per heavy atom. The van der Waals surface area contributed by atoms with Crippen LogP contribution in [-0.4, -0.2) is 37.5 Å². The van der Waals surface area contributed by atoms with E-state index in [4.69, 9.17) is 9.66 Å². The summed E-state index contributed by atoms with van der Waals surface area (Å²) in [6, 6.07) is -0.231. The van der Waals surface area contributed by atoms with E-state index in [1.165, 1.54) is 0 Å². The smallest absolute Gasteiger partial charge is 0.309 e. The Bertz CT molecular complexity index is 392. The van der Waals surface area contributed by atoms with Crippen LogP contribution >= 0.6 is 0 Å². The lowest BCUT2D eigenvalue weighted by atomic mass is 9.74. The molecule has 0 aromatic carbocycles. The van der Waals surface area contributed by atoms with Crippen LogP contribution in [0.3, 0.4) is 0 Å². The molecule has 3 N–H and O–H groups in total. The van der Waals surface area contributed by atoms with Crippen molar-refractivity contribution in [3.8, 4) is 0 Å². The van der Waals surface area contributed by atoms with Crippen LogP contribution in [0.5, 0.6) is 0 Å². The van der Waals surface area contributed by atoms with Crippen LogP contribution in [-0.2, 0) is 20.7 Å². The first kappa shape index (κ1) is 19.1. The van der Waals surface area contributed by atoms with Crippen molar-refractivity contribution < 1.29 is 23.5 Å². The molecule has 0 heterocycles. The molecule has 0 saturated heterocycles. The van der Waals surface area contributed by atoms with Crippen LogP contribution in [0.15, 0.2) is 0 Å². The molecule has 0 aliphatic carbocycles. The highest BCUT2D eigenvalue weighted by atomic mass is 32.2. The predicted molar refractivity (Wildman–Crippen MR) is 77.7 cm³/mol. The molecule has 0 rings (SSSR count). The number of nitrogens with one attached hydrogen (secondary N) is 1. The van der Waals surface area contributed by atoms with Crippen LogP contribution in [0.25, 0.3) is 0 Å². The summed E-state index contributed by atoms with van der Waals surface area (Å²) in [5.74, 6) is -1.09. The van der Waals surface area contributed by atoms with Gasteiger partial charge in [0, 0.05) is 11.5 Å². The van der Waals surface area contributed by atoms with E-state index in [0.717, 1.165) is 0 Å². The highest BCUT2D eigenvalue weighted by Crippen LogP contribution is 2.34. The lowest BCUT2D eigenvalue weighted by molar-refractivity contribution is -0.149. The molecule has 20 heavy (non-hydrogen) atoms. The molecular formula is C13H25NO5S. The summed E-state index contributed by atoms with van der Waals surface area (Å²) < 4.78 is 19.3. The Balaban J connectivity index is 4.59. The topological polar surface area (TPSA) is 104 Å². The van der Waals surface area contributed by atoms with Gasteiger partial charge in [-0.05, 0) is 33.6 Å². The maximum Gasteiger partial charge on any atom is 0.309 e. The van der Waals surface area contributed by atoms with Gasteiger partial charge in [-0.15, -0.1) is 0 Å². The standard InChI is InChI=1S/C13H25NO5S/c1-9(6-7-20(18)19)14-10(15)12(2,3)8-13(4,5)11(16)17/h9H,6-8H2,1-5H3,(H,14,15)(H,16,17)(H,18,19). The van der Waals surface area contributed by atoms with Crippen LogP contribution in [0.2, 0.25) is 0 Å². The lowest BCUT2D eigenvalue weighted by Crippen LogP contribution is -2.45. The van der Waals surface area contributed by atoms with Crippen molar-refractivity contribution in [1.29, 1.82) is 0 Å². The fraction of sp³-hybridized carbons (Fsp3) is 0.846. The molecule has 0 saturated carbocycles. The second kappa shape index (κ2) is 7.17. The van der Waals surface area contributed by atoms with Crippen molar-refractivity contribution >= 4 is 23.0 Å². The Hall–Kier alpha value is -0.950. The first-order chi connectivity index (χ1) is 8.88. The second-order valence-electron chi connectivity index (χ2n) is 6.44. The number of carbonyl (C=O) groups excluding carboxylic acids is 1. The molecule has 0 radical (unpaired) electrons. The van der Waals surface area contributed by atoms with Gasteiger partial charge in [-0.2, -0.15) is 0 Å². The largest absolute Gasteiger partial charge is 0.481 e. The summed E-state index contributed by atoms with van der Waals surface area (Å²) in [7, 11) is 0. The zero-order chi connectivity index (χ0) is 16.1. The third-order valence-electron chi connectivity index (χ3n) is 3.18. The number of rotatable bonds is 8. The van der Waals surface area contributed by atoms with Crippen molar-refractivity contribution in [1.82, 2.24) is 5.32 Å². The molecule has 2 atom stereocenters. The molecule has 2 unspecified atom stereocenters. The van der Waals surface area contributed by atoms with E-state index < -0.39 is 27.9 Å². The number of hydrogen-bond acceptors (Lipinski definition) is 3. The number of carbonyl (C=O) groups is 2. The van der Waals surface area contributed by atoms with Crippen LogP contribution in [0.1, 0.15) is 47.5 Å². The monoisotopic (exact) mass is 307 g/mol. The zero-order valence-corrected chi connectivity index (χ0v) is 13.5. The van der Waals surface area contributed by atoms with Gasteiger partial charge in [-0.3, -0.25) is 9.59 Å². The summed E-state index contributed by atoms with van der Waals surface area (Å²) in [5.41, 5.74) is -1.81. The van der Waals surface area contributed by atoms with Gasteiger partial charge in [0.25, 0.3) is 0 Å². The summed E-state index contributed by atoms with van der Waals surface area (Å²) in [6.07, 6.45) is 0.604. The molecule has 0 aliphatic heterocycles. The molecule has 0 fully saturated rings. The van der Waals surface area contributed by atoms with Crippen LogP contribution in [0, 0.1) is 10.8 Å². The van der Waals surface area contributed by atoms with Crippen molar-refractivity contribution in [3.05, 3.63) is 0 Å². The number of aliphatic carboxylic acids is 1. The average Bonchev–Trinajstić information content (AvgIpc) is 2.24. The fourth-order valence-corrected chi connectivity index (χ4v) is 2.58. The summed E-state index contributed by atoms with van der Waals surface area (Å²) in [6.45, 7) is 8.32. The normalized spacial score (nSPS) is 15.5. The summed E-state index contributed by atoms with van der Waals surface area (Å²) >= 11 is -1.87. The molecule has 118 valence electrons. The van der Waals surface area contributed by atoms with E-state index >= 15 is 0 Å². The lowest BCUT2D eigenvalue weighted by Gasteiger charge is -2.32. The van der Waals surface area contributed by atoms with Crippen molar-refractivity contribution in [2.45, 2.75) is 53.5 Å². The van der Waals surface area contributed by atoms with Crippen molar-refractivity contribution in [2.75, 3.05) is 5.75 Å².